The topological polar surface area (TPSA) is 38.3 Å². The van der Waals surface area contributed by atoms with E-state index in [9.17, 15) is 4.79 Å². The first-order valence-electron chi connectivity index (χ1n) is 6.39. The van der Waals surface area contributed by atoms with Crippen LogP contribution < -0.4 is 10.1 Å². The van der Waals surface area contributed by atoms with E-state index in [1.807, 2.05) is 52.0 Å². The zero-order valence-corrected chi connectivity index (χ0v) is 11.9. The maximum Gasteiger partial charge on any atom is 0.261 e. The summed E-state index contributed by atoms with van der Waals surface area (Å²) in [6.45, 7) is 9.84. The van der Waals surface area contributed by atoms with Gasteiger partial charge < -0.3 is 10.1 Å². The van der Waals surface area contributed by atoms with E-state index in [2.05, 4.69) is 5.32 Å². The van der Waals surface area contributed by atoms with Crippen molar-refractivity contribution in [3.63, 3.8) is 0 Å². The molecule has 1 amide bonds. The summed E-state index contributed by atoms with van der Waals surface area (Å²) in [6, 6.07) is 7.69. The van der Waals surface area contributed by atoms with Gasteiger partial charge in [-0.2, -0.15) is 0 Å². The molecule has 0 radical (unpaired) electrons. The second kappa shape index (κ2) is 5.89. The molecular formula is C15H23NO2. The Hall–Kier alpha value is -1.51. The first-order chi connectivity index (χ1) is 8.34. The van der Waals surface area contributed by atoms with Crippen molar-refractivity contribution >= 4 is 5.91 Å². The molecule has 0 aromatic heterocycles. The van der Waals surface area contributed by atoms with Crippen LogP contribution >= 0.6 is 0 Å². The van der Waals surface area contributed by atoms with Crippen molar-refractivity contribution in [2.75, 3.05) is 0 Å². The molecule has 0 heterocycles. The summed E-state index contributed by atoms with van der Waals surface area (Å²) in [7, 11) is 0. The van der Waals surface area contributed by atoms with Crippen LogP contribution in [-0.2, 0) is 4.79 Å². The van der Waals surface area contributed by atoms with Gasteiger partial charge in [-0.1, -0.05) is 24.6 Å². The van der Waals surface area contributed by atoms with Crippen molar-refractivity contribution in [1.82, 2.24) is 5.32 Å². The van der Waals surface area contributed by atoms with Crippen LogP contribution in [0.4, 0.5) is 0 Å². The molecule has 0 saturated carbocycles. The van der Waals surface area contributed by atoms with Gasteiger partial charge in [0.15, 0.2) is 6.10 Å². The molecule has 0 fully saturated rings. The van der Waals surface area contributed by atoms with Crippen LogP contribution in [0.25, 0.3) is 0 Å². The average Bonchev–Trinajstić information content (AvgIpc) is 2.31. The molecule has 1 aromatic rings. The Morgan fingerprint density at radius 1 is 1.33 bits per heavy atom. The molecule has 18 heavy (non-hydrogen) atoms. The molecular weight excluding hydrogens is 226 g/mol. The number of nitrogens with one attached hydrogen (secondary N) is 1. The molecule has 1 aromatic carbocycles. The third-order valence-corrected chi connectivity index (χ3v) is 3.05. The summed E-state index contributed by atoms with van der Waals surface area (Å²) in [5.74, 6) is 0.639. The Bertz CT molecular complexity index is 395. The molecule has 1 rings (SSSR count). The van der Waals surface area contributed by atoms with Crippen LogP contribution in [0.3, 0.4) is 0 Å². The van der Waals surface area contributed by atoms with Gasteiger partial charge in [-0.3, -0.25) is 4.79 Å². The van der Waals surface area contributed by atoms with Crippen molar-refractivity contribution in [2.24, 2.45) is 0 Å². The van der Waals surface area contributed by atoms with Crippen LogP contribution in [0.15, 0.2) is 24.3 Å². The number of rotatable bonds is 5. The summed E-state index contributed by atoms with van der Waals surface area (Å²) >= 11 is 0. The lowest BCUT2D eigenvalue weighted by atomic mass is 10.0. The Morgan fingerprint density at radius 2 is 1.89 bits per heavy atom. The van der Waals surface area contributed by atoms with E-state index in [1.54, 1.807) is 6.92 Å². The fourth-order valence-electron chi connectivity index (χ4n) is 1.40. The second-order valence-corrected chi connectivity index (χ2v) is 5.30. The highest BCUT2D eigenvalue weighted by atomic mass is 16.5. The number of ether oxygens (including phenoxy) is 1. The summed E-state index contributed by atoms with van der Waals surface area (Å²) < 4.78 is 5.61. The molecule has 0 aliphatic heterocycles. The van der Waals surface area contributed by atoms with Gasteiger partial charge in [0.1, 0.15) is 5.75 Å². The number of amides is 1. The maximum absolute atomic E-state index is 12.0. The molecule has 1 unspecified atom stereocenters. The number of carbonyl (C=O) groups excluding carboxylic acids is 1. The monoisotopic (exact) mass is 249 g/mol. The molecule has 0 aliphatic carbocycles. The normalized spacial score (nSPS) is 12.9. The lowest BCUT2D eigenvalue weighted by Gasteiger charge is -2.26. The van der Waals surface area contributed by atoms with E-state index in [-0.39, 0.29) is 11.4 Å². The van der Waals surface area contributed by atoms with Crippen LogP contribution in [-0.4, -0.2) is 17.6 Å². The summed E-state index contributed by atoms with van der Waals surface area (Å²) in [6.07, 6.45) is 0.397. The Labute approximate surface area is 110 Å². The number of hydrogen-bond donors (Lipinski definition) is 1. The standard InChI is InChI=1S/C15H23NO2/c1-6-15(4,5)16-14(17)12(3)18-13-9-7-11(2)8-10-13/h7-10,12H,6H2,1-5H3,(H,16,17). The van der Waals surface area contributed by atoms with E-state index < -0.39 is 6.10 Å². The third-order valence-electron chi connectivity index (χ3n) is 3.05. The SMILES string of the molecule is CCC(C)(C)NC(=O)C(C)Oc1ccc(C)cc1. The van der Waals surface area contributed by atoms with Crippen LogP contribution in [0.2, 0.25) is 0 Å². The number of hydrogen-bond acceptors (Lipinski definition) is 2. The molecule has 3 heteroatoms. The molecule has 0 saturated heterocycles. The highest BCUT2D eigenvalue weighted by Gasteiger charge is 2.22. The number of carbonyl (C=O) groups is 1. The second-order valence-electron chi connectivity index (χ2n) is 5.30. The molecule has 1 atom stereocenters. The fourth-order valence-corrected chi connectivity index (χ4v) is 1.40. The van der Waals surface area contributed by atoms with Crippen molar-refractivity contribution in [2.45, 2.75) is 52.7 Å². The summed E-state index contributed by atoms with van der Waals surface area (Å²) in [5.41, 5.74) is 0.980. The first-order valence-corrected chi connectivity index (χ1v) is 6.39. The Kier molecular flexibility index (Phi) is 4.76. The van der Waals surface area contributed by atoms with Gasteiger partial charge in [-0.25, -0.2) is 0 Å². The largest absolute Gasteiger partial charge is 0.481 e. The maximum atomic E-state index is 12.0. The van der Waals surface area contributed by atoms with Crippen molar-refractivity contribution in [3.05, 3.63) is 29.8 Å². The Morgan fingerprint density at radius 3 is 2.39 bits per heavy atom. The van der Waals surface area contributed by atoms with Crippen LogP contribution in [0.5, 0.6) is 5.75 Å². The van der Waals surface area contributed by atoms with Crippen LogP contribution in [0, 0.1) is 6.92 Å². The lowest BCUT2D eigenvalue weighted by Crippen LogP contribution is -2.48. The zero-order chi connectivity index (χ0) is 13.8. The summed E-state index contributed by atoms with van der Waals surface area (Å²) in [4.78, 5) is 12.0. The number of aryl methyl sites for hydroxylation is 1. The molecule has 0 spiro atoms. The van der Waals surface area contributed by atoms with E-state index in [0.717, 1.165) is 12.2 Å². The number of benzene rings is 1. The highest BCUT2D eigenvalue weighted by molar-refractivity contribution is 5.81. The van der Waals surface area contributed by atoms with Gasteiger partial charge >= 0.3 is 0 Å². The fraction of sp³-hybridized carbons (Fsp3) is 0.533. The molecule has 1 N–H and O–H groups in total. The highest BCUT2D eigenvalue weighted by Crippen LogP contribution is 2.14. The van der Waals surface area contributed by atoms with Gasteiger partial charge in [0, 0.05) is 5.54 Å². The van der Waals surface area contributed by atoms with E-state index in [4.69, 9.17) is 4.74 Å². The van der Waals surface area contributed by atoms with Crippen molar-refractivity contribution < 1.29 is 9.53 Å². The third kappa shape index (κ3) is 4.40. The molecule has 0 aliphatic rings. The van der Waals surface area contributed by atoms with E-state index in [1.165, 1.54) is 5.56 Å². The van der Waals surface area contributed by atoms with Gasteiger partial charge in [-0.15, -0.1) is 0 Å². The minimum atomic E-state index is -0.487. The Balaban J connectivity index is 2.57. The van der Waals surface area contributed by atoms with Crippen molar-refractivity contribution in [1.29, 1.82) is 0 Å². The van der Waals surface area contributed by atoms with Gasteiger partial charge in [-0.05, 0) is 46.2 Å². The molecule has 0 bridgehead atoms. The van der Waals surface area contributed by atoms with Gasteiger partial charge in [0.05, 0.1) is 0 Å². The zero-order valence-electron chi connectivity index (χ0n) is 11.9. The molecule has 100 valence electrons. The van der Waals surface area contributed by atoms with Crippen LogP contribution in [0.1, 0.15) is 39.7 Å². The summed E-state index contributed by atoms with van der Waals surface area (Å²) in [5, 5.41) is 2.97. The average molecular weight is 249 g/mol. The lowest BCUT2D eigenvalue weighted by molar-refractivity contribution is -0.128. The van der Waals surface area contributed by atoms with Gasteiger partial charge in [0.2, 0.25) is 0 Å². The minimum absolute atomic E-state index is 0.0811. The van der Waals surface area contributed by atoms with Gasteiger partial charge in [0.25, 0.3) is 5.91 Å². The predicted molar refractivity (Wildman–Crippen MR) is 73.8 cm³/mol. The van der Waals surface area contributed by atoms with Crippen molar-refractivity contribution in [3.8, 4) is 5.75 Å². The van der Waals surface area contributed by atoms with E-state index in [0.29, 0.717) is 0 Å². The predicted octanol–water partition coefficient (Wildman–Crippen LogP) is 3.07. The first kappa shape index (κ1) is 14.6. The minimum Gasteiger partial charge on any atom is -0.481 e. The smallest absolute Gasteiger partial charge is 0.261 e. The molecule has 3 nitrogen and oxygen atoms in total. The quantitative estimate of drug-likeness (QED) is 0.871. The van der Waals surface area contributed by atoms with E-state index >= 15 is 0 Å².